The van der Waals surface area contributed by atoms with E-state index >= 15 is 0 Å². The van der Waals surface area contributed by atoms with Gasteiger partial charge in [-0.05, 0) is 49.2 Å². The molecule has 2 aromatic carbocycles. The second-order valence-corrected chi connectivity index (χ2v) is 10.0. The maximum atomic E-state index is 13.4. The van der Waals surface area contributed by atoms with Crippen LogP contribution in [0.25, 0.3) is 0 Å². The van der Waals surface area contributed by atoms with E-state index in [1.54, 1.807) is 6.07 Å². The summed E-state index contributed by atoms with van der Waals surface area (Å²) in [6.07, 6.45) is 1.92. The van der Waals surface area contributed by atoms with Crippen LogP contribution < -0.4 is 10.2 Å². The number of nitrogens with one attached hydrogen (secondary N) is 1. The van der Waals surface area contributed by atoms with Crippen molar-refractivity contribution in [1.82, 2.24) is 4.31 Å². The number of esters is 2. The number of carbonyl (C=O) groups is 3. The Morgan fingerprint density at radius 1 is 0.912 bits per heavy atom. The summed E-state index contributed by atoms with van der Waals surface area (Å²) in [5.74, 6) is -1.98. The Morgan fingerprint density at radius 3 is 1.97 bits per heavy atom. The molecule has 1 amide bonds. The maximum Gasteiger partial charge on any atom is 0.337 e. The van der Waals surface area contributed by atoms with Gasteiger partial charge >= 0.3 is 11.9 Å². The van der Waals surface area contributed by atoms with Gasteiger partial charge in [-0.2, -0.15) is 0 Å². The van der Waals surface area contributed by atoms with Crippen LogP contribution in [-0.4, -0.2) is 72.0 Å². The van der Waals surface area contributed by atoms with Gasteiger partial charge in [0.05, 0.1) is 35.8 Å². The summed E-state index contributed by atoms with van der Waals surface area (Å²) >= 11 is 0. The molecular formula is C23H27N3O7S. The molecule has 34 heavy (non-hydrogen) atoms. The Kier molecular flexibility index (Phi) is 7.57. The van der Waals surface area contributed by atoms with Crippen LogP contribution in [0, 0.1) is 0 Å². The first-order valence-corrected chi connectivity index (χ1v) is 12.0. The van der Waals surface area contributed by atoms with E-state index in [1.165, 1.54) is 58.6 Å². The number of hydrogen-bond donors (Lipinski definition) is 1. The monoisotopic (exact) mass is 489 g/mol. The number of amides is 1. The van der Waals surface area contributed by atoms with Crippen LogP contribution in [0.4, 0.5) is 11.4 Å². The molecule has 3 rings (SSSR count). The second-order valence-electron chi connectivity index (χ2n) is 7.90. The van der Waals surface area contributed by atoms with Crippen molar-refractivity contribution in [2.24, 2.45) is 0 Å². The van der Waals surface area contributed by atoms with Crippen molar-refractivity contribution in [2.45, 2.75) is 17.7 Å². The van der Waals surface area contributed by atoms with E-state index in [1.807, 2.05) is 4.90 Å². The van der Waals surface area contributed by atoms with E-state index < -0.39 is 27.9 Å². The molecule has 0 aromatic heterocycles. The molecule has 182 valence electrons. The summed E-state index contributed by atoms with van der Waals surface area (Å²) in [4.78, 5) is 39.5. The van der Waals surface area contributed by atoms with E-state index in [9.17, 15) is 22.8 Å². The fourth-order valence-electron chi connectivity index (χ4n) is 3.67. The Bertz CT molecular complexity index is 1180. The predicted molar refractivity (Wildman–Crippen MR) is 126 cm³/mol. The van der Waals surface area contributed by atoms with Crippen LogP contribution in [0.5, 0.6) is 0 Å². The van der Waals surface area contributed by atoms with Gasteiger partial charge in [0.25, 0.3) is 5.91 Å². The van der Waals surface area contributed by atoms with Gasteiger partial charge in [0.15, 0.2) is 0 Å². The number of benzene rings is 2. The number of rotatable bonds is 7. The van der Waals surface area contributed by atoms with Crippen molar-refractivity contribution in [2.75, 3.05) is 51.6 Å². The van der Waals surface area contributed by atoms with Crippen LogP contribution in [0.3, 0.4) is 0 Å². The van der Waals surface area contributed by atoms with Gasteiger partial charge in [-0.15, -0.1) is 0 Å². The third-order valence-electron chi connectivity index (χ3n) is 5.47. The number of anilines is 2. The summed E-state index contributed by atoms with van der Waals surface area (Å²) in [6.45, 7) is 1.48. The Morgan fingerprint density at radius 2 is 1.47 bits per heavy atom. The third kappa shape index (κ3) is 5.20. The molecule has 0 unspecified atom stereocenters. The highest BCUT2D eigenvalue weighted by Gasteiger charge is 2.25. The molecule has 1 aliphatic heterocycles. The Balaban J connectivity index is 2.06. The van der Waals surface area contributed by atoms with Crippen molar-refractivity contribution in [3.8, 4) is 0 Å². The fourth-order valence-corrected chi connectivity index (χ4v) is 4.60. The zero-order valence-corrected chi connectivity index (χ0v) is 20.3. The lowest BCUT2D eigenvalue weighted by Crippen LogP contribution is -2.25. The average molecular weight is 490 g/mol. The van der Waals surface area contributed by atoms with Gasteiger partial charge in [0.1, 0.15) is 0 Å². The lowest BCUT2D eigenvalue weighted by molar-refractivity contribution is 0.0598. The Labute approximate surface area is 198 Å². The number of hydrogen-bond acceptors (Lipinski definition) is 8. The van der Waals surface area contributed by atoms with E-state index in [0.29, 0.717) is 5.69 Å². The third-order valence-corrected chi connectivity index (χ3v) is 7.28. The van der Waals surface area contributed by atoms with Crippen LogP contribution in [-0.2, 0) is 19.5 Å². The van der Waals surface area contributed by atoms with Gasteiger partial charge in [-0.1, -0.05) is 0 Å². The molecule has 1 heterocycles. The first-order valence-electron chi connectivity index (χ1n) is 10.5. The van der Waals surface area contributed by atoms with Crippen molar-refractivity contribution in [1.29, 1.82) is 0 Å². The standard InChI is InChI=1S/C23H27N3O7S/c1-25(2)34(30,31)18-7-8-20(26-9-5-6-10-26)19(14-18)21(27)24-17-12-15(22(28)32-3)11-16(13-17)23(29)33-4/h7-8,11-14H,5-6,9-10H2,1-4H3,(H,24,27). The summed E-state index contributed by atoms with van der Waals surface area (Å²) < 4.78 is 35.9. The van der Waals surface area contributed by atoms with Crippen LogP contribution >= 0.6 is 0 Å². The van der Waals surface area contributed by atoms with E-state index in [2.05, 4.69) is 5.32 Å². The average Bonchev–Trinajstić information content (AvgIpc) is 3.37. The van der Waals surface area contributed by atoms with Gasteiger partial charge in [-0.3, -0.25) is 4.79 Å². The predicted octanol–water partition coefficient (Wildman–Crippen LogP) is 2.36. The van der Waals surface area contributed by atoms with E-state index in [-0.39, 0.29) is 27.3 Å². The highest BCUT2D eigenvalue weighted by molar-refractivity contribution is 7.89. The molecule has 1 N–H and O–H groups in total. The highest BCUT2D eigenvalue weighted by Crippen LogP contribution is 2.29. The molecule has 2 aromatic rings. The van der Waals surface area contributed by atoms with Crippen molar-refractivity contribution in [3.63, 3.8) is 0 Å². The van der Waals surface area contributed by atoms with Crippen LogP contribution in [0.2, 0.25) is 0 Å². The largest absolute Gasteiger partial charge is 0.465 e. The molecule has 1 saturated heterocycles. The first-order chi connectivity index (χ1) is 16.1. The number of methoxy groups -OCH3 is 2. The lowest BCUT2D eigenvalue weighted by atomic mass is 10.1. The second kappa shape index (κ2) is 10.2. The van der Waals surface area contributed by atoms with Crippen molar-refractivity contribution in [3.05, 3.63) is 53.1 Å². The first kappa shape index (κ1) is 25.2. The van der Waals surface area contributed by atoms with E-state index in [4.69, 9.17) is 9.47 Å². The van der Waals surface area contributed by atoms with Crippen molar-refractivity contribution < 1.29 is 32.3 Å². The zero-order valence-electron chi connectivity index (χ0n) is 19.5. The molecule has 1 aliphatic rings. The number of ether oxygens (including phenoxy) is 2. The van der Waals surface area contributed by atoms with Gasteiger partial charge in [-0.25, -0.2) is 22.3 Å². The van der Waals surface area contributed by atoms with Crippen LogP contribution in [0.1, 0.15) is 43.9 Å². The van der Waals surface area contributed by atoms with E-state index in [0.717, 1.165) is 30.2 Å². The summed E-state index contributed by atoms with van der Waals surface area (Å²) in [5.41, 5.74) is 1.01. The molecule has 11 heteroatoms. The molecule has 0 spiro atoms. The fraction of sp³-hybridized carbons (Fsp3) is 0.348. The van der Waals surface area contributed by atoms with Gasteiger partial charge < -0.3 is 19.7 Å². The summed E-state index contributed by atoms with van der Waals surface area (Å²) in [6, 6.07) is 8.48. The van der Waals surface area contributed by atoms with Gasteiger partial charge in [0, 0.05) is 38.6 Å². The molecule has 0 atom stereocenters. The number of carbonyl (C=O) groups excluding carboxylic acids is 3. The molecule has 10 nitrogen and oxygen atoms in total. The molecule has 0 saturated carbocycles. The zero-order chi connectivity index (χ0) is 25.0. The molecule has 1 fully saturated rings. The smallest absolute Gasteiger partial charge is 0.337 e. The Hall–Kier alpha value is -3.44. The number of sulfonamides is 1. The SMILES string of the molecule is COC(=O)c1cc(NC(=O)c2cc(S(=O)(=O)N(C)C)ccc2N2CCCC2)cc(C(=O)OC)c1. The summed E-state index contributed by atoms with van der Waals surface area (Å²) in [7, 11) is 1.45. The van der Waals surface area contributed by atoms with Gasteiger partial charge in [0.2, 0.25) is 10.0 Å². The van der Waals surface area contributed by atoms with Crippen molar-refractivity contribution >= 4 is 39.2 Å². The highest BCUT2D eigenvalue weighted by atomic mass is 32.2. The molecule has 0 bridgehead atoms. The molecule has 0 aliphatic carbocycles. The topological polar surface area (TPSA) is 122 Å². The molecular weight excluding hydrogens is 462 g/mol. The molecule has 0 radical (unpaired) electrons. The minimum atomic E-state index is -3.78. The van der Waals surface area contributed by atoms with Crippen LogP contribution in [0.15, 0.2) is 41.3 Å². The quantitative estimate of drug-likeness (QED) is 0.588. The lowest BCUT2D eigenvalue weighted by Gasteiger charge is -2.22. The minimum Gasteiger partial charge on any atom is -0.465 e. The minimum absolute atomic E-state index is 0.0239. The maximum absolute atomic E-state index is 13.4. The normalized spacial score (nSPS) is 13.6. The summed E-state index contributed by atoms with van der Waals surface area (Å²) in [5, 5.41) is 2.68. The number of nitrogens with zero attached hydrogens (tertiary/aromatic N) is 2.